The molecule has 0 fully saturated rings. The van der Waals surface area contributed by atoms with Crippen LogP contribution in [0.3, 0.4) is 0 Å². The van der Waals surface area contributed by atoms with Crippen LogP contribution in [0.4, 0.5) is 5.13 Å². The van der Waals surface area contributed by atoms with Crippen molar-refractivity contribution in [1.29, 1.82) is 0 Å². The highest BCUT2D eigenvalue weighted by molar-refractivity contribution is 7.13. The van der Waals surface area contributed by atoms with Gasteiger partial charge in [-0.25, -0.2) is 9.97 Å². The SMILES string of the molecule is CNc1nc(C(=O)N[C@H](c2ccccc2)c2nccn2C)cs1. The molecule has 0 saturated heterocycles. The molecule has 0 aliphatic carbocycles. The van der Waals surface area contributed by atoms with Gasteiger partial charge in [0, 0.05) is 31.9 Å². The number of aryl methyl sites for hydroxylation is 1. The maximum Gasteiger partial charge on any atom is 0.271 e. The van der Waals surface area contributed by atoms with Crippen molar-refractivity contribution in [1.82, 2.24) is 19.9 Å². The average molecular weight is 327 g/mol. The third-order valence-corrected chi connectivity index (χ3v) is 4.34. The molecule has 2 heterocycles. The minimum atomic E-state index is -0.330. The van der Waals surface area contributed by atoms with E-state index in [0.717, 1.165) is 11.4 Å². The molecule has 1 atom stereocenters. The Balaban J connectivity index is 1.90. The fourth-order valence-corrected chi connectivity index (χ4v) is 2.95. The van der Waals surface area contributed by atoms with Gasteiger partial charge >= 0.3 is 0 Å². The zero-order valence-corrected chi connectivity index (χ0v) is 13.7. The van der Waals surface area contributed by atoms with Crippen LogP contribution in [0.2, 0.25) is 0 Å². The number of nitrogens with zero attached hydrogens (tertiary/aromatic N) is 3. The number of imidazole rings is 1. The number of benzene rings is 1. The second kappa shape index (κ2) is 6.62. The maximum atomic E-state index is 12.5. The number of hydrogen-bond acceptors (Lipinski definition) is 5. The summed E-state index contributed by atoms with van der Waals surface area (Å²) in [6.45, 7) is 0. The van der Waals surface area contributed by atoms with E-state index in [1.807, 2.05) is 48.1 Å². The number of carbonyl (C=O) groups excluding carboxylic acids is 1. The molecule has 23 heavy (non-hydrogen) atoms. The van der Waals surface area contributed by atoms with E-state index in [0.29, 0.717) is 10.8 Å². The molecule has 0 radical (unpaired) electrons. The van der Waals surface area contributed by atoms with Gasteiger partial charge in [0.25, 0.3) is 5.91 Å². The zero-order chi connectivity index (χ0) is 16.2. The Morgan fingerprint density at radius 1 is 1.30 bits per heavy atom. The van der Waals surface area contributed by atoms with E-state index >= 15 is 0 Å². The Bertz CT molecular complexity index is 796. The molecule has 0 bridgehead atoms. The Morgan fingerprint density at radius 3 is 2.70 bits per heavy atom. The van der Waals surface area contributed by atoms with Crippen molar-refractivity contribution in [3.8, 4) is 0 Å². The molecule has 118 valence electrons. The monoisotopic (exact) mass is 327 g/mol. The van der Waals surface area contributed by atoms with Crippen LogP contribution in [0.5, 0.6) is 0 Å². The number of rotatable bonds is 5. The van der Waals surface area contributed by atoms with Gasteiger partial charge in [-0.15, -0.1) is 11.3 Å². The summed E-state index contributed by atoms with van der Waals surface area (Å²) in [5.74, 6) is 0.549. The Kier molecular flexibility index (Phi) is 4.38. The minimum absolute atomic E-state index is 0.223. The van der Waals surface area contributed by atoms with Crippen LogP contribution in [-0.4, -0.2) is 27.5 Å². The summed E-state index contributed by atoms with van der Waals surface area (Å²) in [4.78, 5) is 21.2. The molecule has 2 N–H and O–H groups in total. The molecule has 0 saturated carbocycles. The molecule has 0 aliphatic rings. The van der Waals surface area contributed by atoms with Crippen LogP contribution in [0.25, 0.3) is 0 Å². The van der Waals surface area contributed by atoms with Crippen molar-refractivity contribution in [3.05, 3.63) is 65.2 Å². The Morgan fingerprint density at radius 2 is 2.09 bits per heavy atom. The van der Waals surface area contributed by atoms with Gasteiger partial charge in [0.2, 0.25) is 0 Å². The lowest BCUT2D eigenvalue weighted by Gasteiger charge is -2.18. The summed E-state index contributed by atoms with van der Waals surface area (Å²) in [5.41, 5.74) is 1.37. The highest BCUT2D eigenvalue weighted by Gasteiger charge is 2.22. The quantitative estimate of drug-likeness (QED) is 0.755. The lowest BCUT2D eigenvalue weighted by atomic mass is 10.1. The van der Waals surface area contributed by atoms with Crippen molar-refractivity contribution in [2.75, 3.05) is 12.4 Å². The van der Waals surface area contributed by atoms with Crippen molar-refractivity contribution in [2.24, 2.45) is 7.05 Å². The largest absolute Gasteiger partial charge is 0.365 e. The Labute approximate surface area is 138 Å². The van der Waals surface area contributed by atoms with E-state index in [-0.39, 0.29) is 11.9 Å². The molecule has 0 unspecified atom stereocenters. The number of carbonyl (C=O) groups is 1. The number of thiazole rings is 1. The first kappa shape index (κ1) is 15.2. The summed E-state index contributed by atoms with van der Waals surface area (Å²) < 4.78 is 1.90. The average Bonchev–Trinajstić information content (AvgIpc) is 3.22. The topological polar surface area (TPSA) is 71.8 Å². The van der Waals surface area contributed by atoms with Crippen molar-refractivity contribution < 1.29 is 4.79 Å². The van der Waals surface area contributed by atoms with Crippen molar-refractivity contribution >= 4 is 22.4 Å². The zero-order valence-electron chi connectivity index (χ0n) is 12.9. The number of anilines is 1. The lowest BCUT2D eigenvalue weighted by Crippen LogP contribution is -2.31. The lowest BCUT2D eigenvalue weighted by molar-refractivity contribution is 0.0937. The predicted molar refractivity (Wildman–Crippen MR) is 90.6 cm³/mol. The van der Waals surface area contributed by atoms with Crippen LogP contribution in [0, 0.1) is 0 Å². The molecule has 0 spiro atoms. The van der Waals surface area contributed by atoms with Gasteiger partial charge in [-0.05, 0) is 5.56 Å². The number of nitrogens with one attached hydrogen (secondary N) is 2. The molecule has 1 amide bonds. The number of amides is 1. The first-order valence-electron chi connectivity index (χ1n) is 7.15. The van der Waals surface area contributed by atoms with E-state index in [4.69, 9.17) is 0 Å². The highest BCUT2D eigenvalue weighted by Crippen LogP contribution is 2.21. The normalized spacial score (nSPS) is 11.9. The van der Waals surface area contributed by atoms with Crippen molar-refractivity contribution in [2.45, 2.75) is 6.04 Å². The van der Waals surface area contributed by atoms with Crippen LogP contribution in [-0.2, 0) is 7.05 Å². The molecular weight excluding hydrogens is 310 g/mol. The van der Waals surface area contributed by atoms with E-state index in [9.17, 15) is 4.79 Å². The molecule has 3 aromatic rings. The Hall–Kier alpha value is -2.67. The van der Waals surface area contributed by atoms with Crippen LogP contribution in [0.15, 0.2) is 48.1 Å². The molecule has 1 aromatic carbocycles. The summed E-state index contributed by atoms with van der Waals surface area (Å²) in [6.07, 6.45) is 3.58. The van der Waals surface area contributed by atoms with Gasteiger partial charge in [0.1, 0.15) is 17.6 Å². The van der Waals surface area contributed by atoms with Gasteiger partial charge in [-0.1, -0.05) is 30.3 Å². The second-order valence-electron chi connectivity index (χ2n) is 5.00. The molecule has 3 rings (SSSR count). The van der Waals surface area contributed by atoms with Crippen LogP contribution >= 0.6 is 11.3 Å². The molecule has 7 heteroatoms. The smallest absolute Gasteiger partial charge is 0.271 e. The van der Waals surface area contributed by atoms with E-state index < -0.39 is 0 Å². The third-order valence-electron chi connectivity index (χ3n) is 3.48. The fourth-order valence-electron chi connectivity index (χ4n) is 2.30. The standard InChI is InChI=1S/C16H17N5OS/c1-17-16-19-12(10-23-16)15(22)20-13(11-6-4-3-5-7-11)14-18-8-9-21(14)2/h3-10,13H,1-2H3,(H,17,19)(H,20,22)/t13-/m1/s1. The molecule has 2 aromatic heterocycles. The third kappa shape index (κ3) is 3.24. The second-order valence-corrected chi connectivity index (χ2v) is 5.86. The van der Waals surface area contributed by atoms with Gasteiger partial charge in [-0.3, -0.25) is 4.79 Å². The number of aromatic nitrogens is 3. The van der Waals surface area contributed by atoms with Crippen LogP contribution in [0.1, 0.15) is 27.9 Å². The maximum absolute atomic E-state index is 12.5. The van der Waals surface area contributed by atoms with E-state index in [1.165, 1.54) is 11.3 Å². The first-order valence-corrected chi connectivity index (χ1v) is 8.03. The fraction of sp³-hybridized carbons (Fsp3) is 0.188. The van der Waals surface area contributed by atoms with Gasteiger partial charge < -0.3 is 15.2 Å². The summed E-state index contributed by atoms with van der Waals surface area (Å²) in [5, 5.41) is 8.41. The van der Waals surface area contributed by atoms with Gasteiger partial charge in [0.15, 0.2) is 5.13 Å². The van der Waals surface area contributed by atoms with Crippen molar-refractivity contribution in [3.63, 3.8) is 0 Å². The molecular formula is C16H17N5OS. The summed E-state index contributed by atoms with van der Waals surface area (Å²) in [6, 6.07) is 9.45. The summed E-state index contributed by atoms with van der Waals surface area (Å²) >= 11 is 1.40. The first-order chi connectivity index (χ1) is 11.2. The predicted octanol–water partition coefficient (Wildman–Crippen LogP) is 2.44. The number of hydrogen-bond donors (Lipinski definition) is 2. The minimum Gasteiger partial charge on any atom is -0.365 e. The van der Waals surface area contributed by atoms with Gasteiger partial charge in [0.05, 0.1) is 0 Å². The molecule has 0 aliphatic heterocycles. The van der Waals surface area contributed by atoms with E-state index in [2.05, 4.69) is 20.6 Å². The highest BCUT2D eigenvalue weighted by atomic mass is 32.1. The van der Waals surface area contributed by atoms with E-state index in [1.54, 1.807) is 18.6 Å². The van der Waals surface area contributed by atoms with Gasteiger partial charge in [-0.2, -0.15) is 0 Å². The molecule has 6 nitrogen and oxygen atoms in total. The van der Waals surface area contributed by atoms with Crippen LogP contribution < -0.4 is 10.6 Å². The summed E-state index contributed by atoms with van der Waals surface area (Å²) in [7, 11) is 3.69.